The van der Waals surface area contributed by atoms with Crippen LogP contribution >= 0.6 is 12.2 Å². The third-order valence-electron chi connectivity index (χ3n) is 4.93. The molecule has 0 bridgehead atoms. The summed E-state index contributed by atoms with van der Waals surface area (Å²) >= 11 is 5.33. The summed E-state index contributed by atoms with van der Waals surface area (Å²) in [7, 11) is 0. The molecule has 1 unspecified atom stereocenters. The van der Waals surface area contributed by atoms with Gasteiger partial charge in [0.2, 0.25) is 0 Å². The number of Topliss-reactive ketones (excluding diaryl/α,β-unsaturated/α-hetero) is 1. The van der Waals surface area contributed by atoms with Gasteiger partial charge in [-0.05, 0) is 79.9 Å². The maximum atomic E-state index is 12.5. The number of carbonyl (C=O) groups excluding carboxylic acids is 1. The lowest BCUT2D eigenvalue weighted by molar-refractivity contribution is -0.116. The number of benzene rings is 2. The van der Waals surface area contributed by atoms with Gasteiger partial charge in [0, 0.05) is 17.7 Å². The van der Waals surface area contributed by atoms with E-state index in [9.17, 15) is 4.79 Å². The van der Waals surface area contributed by atoms with E-state index in [0.717, 1.165) is 41.2 Å². The predicted octanol–water partition coefficient (Wildman–Crippen LogP) is 4.62. The summed E-state index contributed by atoms with van der Waals surface area (Å²) in [5, 5.41) is 6.98. The number of aryl methyl sites for hydroxylation is 2. The molecule has 27 heavy (non-hydrogen) atoms. The van der Waals surface area contributed by atoms with Crippen LogP contribution < -0.4 is 15.4 Å². The van der Waals surface area contributed by atoms with Crippen LogP contribution in [0.5, 0.6) is 11.5 Å². The molecule has 4 rings (SSSR count). The van der Waals surface area contributed by atoms with Crippen LogP contribution in [0.25, 0.3) is 0 Å². The standard InChI is InChI=1S/C22H22N2O2S/c1-13-10-14(2)12-17(11-13)26-16-8-6-15(7-9-16)21-20-18(23-22(27)24-21)4-3-5-19(20)25/h6-12,21H,3-5H2,1-2H3,(H2,23,24,27). The Kier molecular flexibility index (Phi) is 4.70. The highest BCUT2D eigenvalue weighted by molar-refractivity contribution is 7.80. The molecule has 1 aliphatic carbocycles. The third-order valence-corrected chi connectivity index (χ3v) is 5.15. The van der Waals surface area contributed by atoms with Gasteiger partial charge in [-0.2, -0.15) is 0 Å². The molecule has 5 heteroatoms. The number of nitrogens with one attached hydrogen (secondary N) is 2. The van der Waals surface area contributed by atoms with E-state index in [1.165, 1.54) is 11.1 Å². The number of ether oxygens (including phenoxy) is 1. The Bertz CT molecular complexity index is 927. The molecular weight excluding hydrogens is 356 g/mol. The topological polar surface area (TPSA) is 50.4 Å². The molecule has 138 valence electrons. The maximum Gasteiger partial charge on any atom is 0.171 e. The minimum Gasteiger partial charge on any atom is -0.457 e. The predicted molar refractivity (Wildman–Crippen MR) is 110 cm³/mol. The minimum atomic E-state index is -0.197. The molecular formula is C22H22N2O2S. The van der Waals surface area contributed by atoms with Crippen LogP contribution in [-0.2, 0) is 4.79 Å². The summed E-state index contributed by atoms with van der Waals surface area (Å²) < 4.78 is 5.99. The normalized spacial score (nSPS) is 19.3. The van der Waals surface area contributed by atoms with E-state index >= 15 is 0 Å². The fraction of sp³-hybridized carbons (Fsp3) is 0.273. The Labute approximate surface area is 164 Å². The van der Waals surface area contributed by atoms with Gasteiger partial charge in [0.25, 0.3) is 0 Å². The Morgan fingerprint density at radius 1 is 1.00 bits per heavy atom. The Morgan fingerprint density at radius 3 is 2.41 bits per heavy atom. The summed E-state index contributed by atoms with van der Waals surface area (Å²) in [5.74, 6) is 1.79. The lowest BCUT2D eigenvalue weighted by Gasteiger charge is -2.33. The molecule has 1 heterocycles. The number of hydrogen-bond acceptors (Lipinski definition) is 3. The van der Waals surface area contributed by atoms with Crippen LogP contribution in [0.1, 0.15) is 42.0 Å². The molecule has 0 spiro atoms. The Morgan fingerprint density at radius 2 is 1.70 bits per heavy atom. The highest BCUT2D eigenvalue weighted by atomic mass is 32.1. The minimum absolute atomic E-state index is 0.194. The molecule has 2 N–H and O–H groups in total. The van der Waals surface area contributed by atoms with Crippen LogP contribution in [0.4, 0.5) is 0 Å². The van der Waals surface area contributed by atoms with Gasteiger partial charge in [0.15, 0.2) is 10.9 Å². The molecule has 0 aromatic heterocycles. The van der Waals surface area contributed by atoms with Crippen LogP contribution in [-0.4, -0.2) is 10.9 Å². The largest absolute Gasteiger partial charge is 0.457 e. The first-order chi connectivity index (χ1) is 13.0. The fourth-order valence-corrected chi connectivity index (χ4v) is 4.05. The first-order valence-electron chi connectivity index (χ1n) is 9.19. The smallest absolute Gasteiger partial charge is 0.171 e. The highest BCUT2D eigenvalue weighted by Gasteiger charge is 2.33. The van der Waals surface area contributed by atoms with Gasteiger partial charge >= 0.3 is 0 Å². The lowest BCUT2D eigenvalue weighted by atomic mass is 9.85. The van der Waals surface area contributed by atoms with Crippen molar-refractivity contribution in [3.63, 3.8) is 0 Å². The van der Waals surface area contributed by atoms with Gasteiger partial charge in [0.05, 0.1) is 6.04 Å². The van der Waals surface area contributed by atoms with Crippen molar-refractivity contribution >= 4 is 23.1 Å². The Hall–Kier alpha value is -2.66. The first kappa shape index (κ1) is 17.7. The zero-order valence-electron chi connectivity index (χ0n) is 15.5. The molecule has 2 aromatic rings. The second kappa shape index (κ2) is 7.16. The summed E-state index contributed by atoms with van der Waals surface area (Å²) in [4.78, 5) is 12.5. The molecule has 0 fully saturated rings. The fourth-order valence-electron chi connectivity index (χ4n) is 3.81. The second-order valence-corrected chi connectivity index (χ2v) is 7.60. The second-order valence-electron chi connectivity index (χ2n) is 7.19. The van der Waals surface area contributed by atoms with Gasteiger partial charge in [-0.25, -0.2) is 0 Å². The number of rotatable bonds is 3. The van der Waals surface area contributed by atoms with Crippen molar-refractivity contribution in [3.05, 3.63) is 70.4 Å². The number of allylic oxidation sites excluding steroid dienone is 1. The third kappa shape index (κ3) is 3.74. The SMILES string of the molecule is Cc1cc(C)cc(Oc2ccc(C3NC(=S)NC4=C3C(=O)CCC4)cc2)c1. The van der Waals surface area contributed by atoms with E-state index in [4.69, 9.17) is 17.0 Å². The van der Waals surface area contributed by atoms with E-state index in [2.05, 4.69) is 30.5 Å². The number of ketones is 1. The van der Waals surface area contributed by atoms with Crippen molar-refractivity contribution in [3.8, 4) is 11.5 Å². The quantitative estimate of drug-likeness (QED) is 0.763. The van der Waals surface area contributed by atoms with Crippen LogP contribution in [0.3, 0.4) is 0 Å². The zero-order chi connectivity index (χ0) is 19.0. The van der Waals surface area contributed by atoms with Crippen LogP contribution in [0, 0.1) is 13.8 Å². The van der Waals surface area contributed by atoms with E-state index in [-0.39, 0.29) is 11.8 Å². The van der Waals surface area contributed by atoms with Gasteiger partial charge in [-0.3, -0.25) is 4.79 Å². The highest BCUT2D eigenvalue weighted by Crippen LogP contribution is 2.34. The molecule has 4 nitrogen and oxygen atoms in total. The lowest BCUT2D eigenvalue weighted by Crippen LogP contribution is -2.46. The number of carbonyl (C=O) groups is 1. The summed E-state index contributed by atoms with van der Waals surface area (Å²) in [6, 6.07) is 13.8. The molecule has 2 aliphatic rings. The molecule has 1 aliphatic heterocycles. The number of hydrogen-bond donors (Lipinski definition) is 2. The van der Waals surface area contributed by atoms with Crippen molar-refractivity contribution in [1.29, 1.82) is 0 Å². The van der Waals surface area contributed by atoms with Gasteiger partial charge < -0.3 is 15.4 Å². The summed E-state index contributed by atoms with van der Waals surface area (Å²) in [5.41, 5.74) is 5.14. The molecule has 1 atom stereocenters. The van der Waals surface area contributed by atoms with Crippen molar-refractivity contribution in [2.45, 2.75) is 39.2 Å². The average molecular weight is 378 g/mol. The number of thiocarbonyl (C=S) groups is 1. The van der Waals surface area contributed by atoms with Crippen molar-refractivity contribution in [2.75, 3.05) is 0 Å². The first-order valence-corrected chi connectivity index (χ1v) is 9.60. The van der Waals surface area contributed by atoms with Crippen molar-refractivity contribution < 1.29 is 9.53 Å². The molecule has 2 aromatic carbocycles. The Balaban J connectivity index is 1.60. The molecule has 0 saturated carbocycles. The monoisotopic (exact) mass is 378 g/mol. The van der Waals surface area contributed by atoms with E-state index in [0.29, 0.717) is 11.5 Å². The molecule has 0 saturated heterocycles. The van der Waals surface area contributed by atoms with E-state index in [1.807, 2.05) is 36.4 Å². The average Bonchev–Trinajstić information content (AvgIpc) is 2.61. The van der Waals surface area contributed by atoms with E-state index < -0.39 is 0 Å². The van der Waals surface area contributed by atoms with E-state index in [1.54, 1.807) is 0 Å². The summed E-state index contributed by atoms with van der Waals surface area (Å²) in [6.45, 7) is 4.11. The van der Waals surface area contributed by atoms with Gasteiger partial charge in [-0.1, -0.05) is 18.2 Å². The molecule has 0 radical (unpaired) electrons. The van der Waals surface area contributed by atoms with Gasteiger partial charge in [0.1, 0.15) is 11.5 Å². The van der Waals surface area contributed by atoms with Crippen molar-refractivity contribution in [1.82, 2.24) is 10.6 Å². The molecule has 0 amide bonds. The summed E-state index contributed by atoms with van der Waals surface area (Å²) in [6.07, 6.45) is 2.34. The van der Waals surface area contributed by atoms with Crippen molar-refractivity contribution in [2.24, 2.45) is 0 Å². The van der Waals surface area contributed by atoms with Crippen LogP contribution in [0.2, 0.25) is 0 Å². The van der Waals surface area contributed by atoms with Crippen LogP contribution in [0.15, 0.2) is 53.7 Å². The maximum absolute atomic E-state index is 12.5. The van der Waals surface area contributed by atoms with Gasteiger partial charge in [-0.15, -0.1) is 0 Å². The zero-order valence-corrected chi connectivity index (χ0v) is 16.3.